The molecule has 0 saturated heterocycles. The van der Waals surface area contributed by atoms with Crippen LogP contribution < -0.4 is 5.32 Å². The number of benzene rings is 2. The van der Waals surface area contributed by atoms with Gasteiger partial charge < -0.3 is 10.1 Å². The highest BCUT2D eigenvalue weighted by molar-refractivity contribution is 6.31. The molecule has 0 aliphatic heterocycles. The van der Waals surface area contributed by atoms with E-state index in [-0.39, 0.29) is 11.6 Å². The van der Waals surface area contributed by atoms with Crippen LogP contribution in [0.4, 0.5) is 15.9 Å². The van der Waals surface area contributed by atoms with Crippen LogP contribution in [0.2, 0.25) is 5.02 Å². The highest BCUT2D eigenvalue weighted by Crippen LogP contribution is 2.29. The average molecular weight is 425 g/mol. The number of hydrogen-bond acceptors (Lipinski definition) is 5. The van der Waals surface area contributed by atoms with Crippen molar-refractivity contribution in [2.24, 2.45) is 0 Å². The van der Waals surface area contributed by atoms with Crippen LogP contribution in [0.1, 0.15) is 28.4 Å². The summed E-state index contributed by atoms with van der Waals surface area (Å²) in [5.74, 6) is -0.467. The number of rotatable bonds is 6. The highest BCUT2D eigenvalue weighted by atomic mass is 35.5. The number of anilines is 2. The third-order valence-corrected chi connectivity index (χ3v) is 4.87. The van der Waals surface area contributed by atoms with Gasteiger partial charge in [0.25, 0.3) is 0 Å². The van der Waals surface area contributed by atoms with Crippen molar-refractivity contribution in [3.63, 3.8) is 0 Å². The molecule has 0 amide bonds. The molecule has 0 bridgehead atoms. The zero-order valence-electron chi connectivity index (χ0n) is 16.1. The first-order valence-electron chi connectivity index (χ1n) is 9.35. The van der Waals surface area contributed by atoms with Gasteiger partial charge in [-0.3, -0.25) is 0 Å². The van der Waals surface area contributed by atoms with Crippen LogP contribution >= 0.6 is 11.6 Å². The number of halogens is 2. The van der Waals surface area contributed by atoms with E-state index in [0.717, 1.165) is 11.1 Å². The second-order valence-electron chi connectivity index (χ2n) is 6.56. The lowest BCUT2D eigenvalue weighted by Crippen LogP contribution is -2.07. The van der Waals surface area contributed by atoms with Crippen molar-refractivity contribution in [3.05, 3.63) is 88.6 Å². The van der Waals surface area contributed by atoms with Crippen molar-refractivity contribution >= 4 is 34.6 Å². The van der Waals surface area contributed by atoms with Gasteiger partial charge >= 0.3 is 5.97 Å². The Hall–Kier alpha value is -3.45. The fourth-order valence-corrected chi connectivity index (χ4v) is 3.42. The SMILES string of the molecule is CCOC(=O)c1cn2ncnc(Nc3ccc(F)c(Cl)c3)c2c1Cc1ccccc1. The molecule has 0 fully saturated rings. The van der Waals surface area contributed by atoms with Crippen molar-refractivity contribution in [1.82, 2.24) is 14.6 Å². The quantitative estimate of drug-likeness (QED) is 0.439. The van der Waals surface area contributed by atoms with E-state index in [1.54, 1.807) is 23.7 Å². The summed E-state index contributed by atoms with van der Waals surface area (Å²) >= 11 is 5.90. The van der Waals surface area contributed by atoms with Gasteiger partial charge in [-0.15, -0.1) is 0 Å². The van der Waals surface area contributed by atoms with Gasteiger partial charge in [-0.2, -0.15) is 5.10 Å². The molecule has 2 heterocycles. The molecule has 8 heteroatoms. The van der Waals surface area contributed by atoms with Crippen LogP contribution in [0.5, 0.6) is 0 Å². The minimum atomic E-state index is -0.507. The first-order chi connectivity index (χ1) is 14.6. The lowest BCUT2D eigenvalue weighted by atomic mass is 10.0. The number of ether oxygens (including phenoxy) is 1. The van der Waals surface area contributed by atoms with Gasteiger partial charge in [0.2, 0.25) is 0 Å². The largest absolute Gasteiger partial charge is 0.462 e. The minimum absolute atomic E-state index is 0.00261. The summed E-state index contributed by atoms with van der Waals surface area (Å²) in [5, 5.41) is 7.40. The summed E-state index contributed by atoms with van der Waals surface area (Å²) in [6, 6.07) is 14.1. The Labute approximate surface area is 177 Å². The Bertz CT molecular complexity index is 1210. The molecule has 0 spiro atoms. The Morgan fingerprint density at radius 2 is 2.03 bits per heavy atom. The second kappa shape index (κ2) is 8.51. The monoisotopic (exact) mass is 424 g/mol. The van der Waals surface area contributed by atoms with Crippen LogP contribution in [0.25, 0.3) is 5.52 Å². The minimum Gasteiger partial charge on any atom is -0.462 e. The summed E-state index contributed by atoms with van der Waals surface area (Å²) in [5.41, 5.74) is 3.37. The van der Waals surface area contributed by atoms with Gasteiger partial charge in [-0.25, -0.2) is 18.7 Å². The van der Waals surface area contributed by atoms with E-state index in [9.17, 15) is 9.18 Å². The fourth-order valence-electron chi connectivity index (χ4n) is 3.24. The van der Waals surface area contributed by atoms with Crippen molar-refractivity contribution in [2.45, 2.75) is 13.3 Å². The van der Waals surface area contributed by atoms with E-state index in [1.165, 1.54) is 18.5 Å². The number of fused-ring (bicyclic) bond motifs is 1. The van der Waals surface area contributed by atoms with Crippen LogP contribution in [-0.4, -0.2) is 27.2 Å². The lowest BCUT2D eigenvalue weighted by molar-refractivity contribution is 0.0525. The Morgan fingerprint density at radius 1 is 1.23 bits per heavy atom. The van der Waals surface area contributed by atoms with E-state index in [1.807, 2.05) is 30.3 Å². The van der Waals surface area contributed by atoms with Gasteiger partial charge in [-0.1, -0.05) is 41.9 Å². The Kier molecular flexibility index (Phi) is 5.63. The molecule has 30 heavy (non-hydrogen) atoms. The molecule has 4 rings (SSSR count). The smallest absolute Gasteiger partial charge is 0.340 e. The van der Waals surface area contributed by atoms with Crippen LogP contribution in [0, 0.1) is 5.82 Å². The van der Waals surface area contributed by atoms with Gasteiger partial charge in [0.15, 0.2) is 5.82 Å². The number of carbonyl (C=O) groups excluding carboxylic acids is 1. The summed E-state index contributed by atoms with van der Waals surface area (Å²) in [6.07, 6.45) is 3.50. The van der Waals surface area contributed by atoms with Crippen LogP contribution in [0.15, 0.2) is 61.1 Å². The highest BCUT2D eigenvalue weighted by Gasteiger charge is 2.22. The average Bonchev–Trinajstić information content (AvgIpc) is 3.11. The number of aromatic nitrogens is 3. The van der Waals surface area contributed by atoms with Crippen molar-refractivity contribution in [2.75, 3.05) is 11.9 Å². The Morgan fingerprint density at radius 3 is 2.77 bits per heavy atom. The molecule has 4 aromatic rings. The zero-order valence-corrected chi connectivity index (χ0v) is 16.9. The molecule has 1 N–H and O–H groups in total. The summed E-state index contributed by atoms with van der Waals surface area (Å²) in [4.78, 5) is 17.0. The van der Waals surface area contributed by atoms with Gasteiger partial charge in [0.05, 0.1) is 17.2 Å². The summed E-state index contributed by atoms with van der Waals surface area (Å²) in [7, 11) is 0. The molecule has 0 saturated carbocycles. The van der Waals surface area contributed by atoms with E-state index in [0.29, 0.717) is 29.0 Å². The maximum absolute atomic E-state index is 13.5. The molecule has 2 aromatic heterocycles. The number of nitrogens with zero attached hydrogens (tertiary/aromatic N) is 3. The van der Waals surface area contributed by atoms with E-state index >= 15 is 0 Å². The van der Waals surface area contributed by atoms with E-state index < -0.39 is 11.8 Å². The fraction of sp³-hybridized carbons (Fsp3) is 0.136. The van der Waals surface area contributed by atoms with E-state index in [4.69, 9.17) is 16.3 Å². The zero-order chi connectivity index (χ0) is 21.1. The molecule has 2 aromatic carbocycles. The second-order valence-corrected chi connectivity index (χ2v) is 6.97. The van der Waals surface area contributed by atoms with Gasteiger partial charge in [0, 0.05) is 23.9 Å². The van der Waals surface area contributed by atoms with Crippen LogP contribution in [0.3, 0.4) is 0 Å². The van der Waals surface area contributed by atoms with Crippen molar-refractivity contribution < 1.29 is 13.9 Å². The Balaban J connectivity index is 1.84. The molecular weight excluding hydrogens is 407 g/mol. The first kappa shape index (κ1) is 19.8. The molecular formula is C22H18ClFN4O2. The topological polar surface area (TPSA) is 68.5 Å². The first-order valence-corrected chi connectivity index (χ1v) is 9.73. The standard InChI is InChI=1S/C22H18ClFN4O2/c1-2-30-22(29)17-12-28-20(16(17)10-14-6-4-3-5-7-14)21(25-13-26-28)27-15-8-9-19(24)18(23)11-15/h3-9,11-13H,2,10H2,1H3,(H,25,26,27). The van der Waals surface area contributed by atoms with Crippen LogP contribution in [-0.2, 0) is 11.2 Å². The molecule has 0 aliphatic carbocycles. The molecule has 152 valence electrons. The van der Waals surface area contributed by atoms with Gasteiger partial charge in [0.1, 0.15) is 17.7 Å². The predicted octanol–water partition coefficient (Wildman–Crippen LogP) is 5.03. The maximum atomic E-state index is 13.5. The normalized spacial score (nSPS) is 10.9. The van der Waals surface area contributed by atoms with Gasteiger partial charge in [-0.05, 0) is 30.7 Å². The predicted molar refractivity (Wildman–Crippen MR) is 113 cm³/mol. The number of carbonyl (C=O) groups is 1. The van der Waals surface area contributed by atoms with Crippen molar-refractivity contribution in [1.29, 1.82) is 0 Å². The molecule has 0 unspecified atom stereocenters. The number of esters is 1. The summed E-state index contributed by atoms with van der Waals surface area (Å²) < 4.78 is 20.4. The van der Waals surface area contributed by atoms with E-state index in [2.05, 4.69) is 15.4 Å². The molecule has 0 atom stereocenters. The number of hydrogen-bond donors (Lipinski definition) is 1. The third kappa shape index (κ3) is 3.97. The number of nitrogens with one attached hydrogen (secondary N) is 1. The summed E-state index contributed by atoms with van der Waals surface area (Å²) in [6.45, 7) is 2.02. The van der Waals surface area contributed by atoms with Crippen molar-refractivity contribution in [3.8, 4) is 0 Å². The third-order valence-electron chi connectivity index (χ3n) is 4.58. The molecule has 6 nitrogen and oxygen atoms in total. The lowest BCUT2D eigenvalue weighted by Gasteiger charge is -2.10. The molecule has 0 radical (unpaired) electrons. The molecule has 0 aliphatic rings. The maximum Gasteiger partial charge on any atom is 0.340 e.